The predicted octanol–water partition coefficient (Wildman–Crippen LogP) is 5.26. The average Bonchev–Trinajstić information content (AvgIpc) is 3.05. The van der Waals surface area contributed by atoms with E-state index in [4.69, 9.17) is 34.8 Å². The minimum atomic E-state index is -0.0958. The number of hydrogen-bond donors (Lipinski definition) is 1. The molecule has 30 heavy (non-hydrogen) atoms. The minimum absolute atomic E-state index is 0.0809. The largest absolute Gasteiger partial charge is 0.335 e. The van der Waals surface area contributed by atoms with Crippen molar-refractivity contribution in [3.05, 3.63) is 62.4 Å². The smallest absolute Gasteiger partial charge is 0.265 e. The highest BCUT2D eigenvalue weighted by atomic mass is 35.5. The molecule has 0 aliphatic carbocycles. The first kappa shape index (κ1) is 21.4. The van der Waals surface area contributed by atoms with E-state index in [1.165, 1.54) is 11.3 Å². The highest BCUT2D eigenvalue weighted by Crippen LogP contribution is 2.37. The Morgan fingerprint density at radius 2 is 1.60 bits per heavy atom. The molecule has 5 nitrogen and oxygen atoms in total. The van der Waals surface area contributed by atoms with Gasteiger partial charge >= 0.3 is 0 Å². The maximum Gasteiger partial charge on any atom is 0.265 e. The van der Waals surface area contributed by atoms with E-state index < -0.39 is 0 Å². The van der Waals surface area contributed by atoms with E-state index in [-0.39, 0.29) is 18.4 Å². The third-order valence-electron chi connectivity index (χ3n) is 4.94. The standard InChI is InChI=1S/C21H18Cl3N3O2S/c22-13-1-4-15(5-2-13)25-18(28)12-26-7-9-27(10-8-26)21(29)20-19(24)16-6-3-14(23)11-17(16)30-20/h1-6,11H,7-10,12H2,(H,25,28). The highest BCUT2D eigenvalue weighted by molar-refractivity contribution is 7.21. The van der Waals surface area contributed by atoms with Crippen molar-refractivity contribution in [2.24, 2.45) is 0 Å². The number of carbonyl (C=O) groups excluding carboxylic acids is 2. The Hall–Kier alpha value is -1.83. The van der Waals surface area contributed by atoms with E-state index in [9.17, 15) is 9.59 Å². The molecular weight excluding hydrogens is 465 g/mol. The number of nitrogens with one attached hydrogen (secondary N) is 1. The number of hydrogen-bond acceptors (Lipinski definition) is 4. The first-order chi connectivity index (χ1) is 14.4. The van der Waals surface area contributed by atoms with Gasteiger partial charge in [0.15, 0.2) is 0 Å². The quantitative estimate of drug-likeness (QED) is 0.552. The fourth-order valence-electron chi connectivity index (χ4n) is 3.37. The van der Waals surface area contributed by atoms with Gasteiger partial charge in [-0.25, -0.2) is 0 Å². The number of benzene rings is 2. The summed E-state index contributed by atoms with van der Waals surface area (Å²) in [4.78, 5) is 29.6. The molecule has 0 saturated carbocycles. The van der Waals surface area contributed by atoms with Gasteiger partial charge in [0, 0.05) is 52.0 Å². The second-order valence-corrected chi connectivity index (χ2v) is 9.31. The van der Waals surface area contributed by atoms with E-state index in [1.807, 2.05) is 17.0 Å². The number of thiophene rings is 1. The molecule has 0 bridgehead atoms. The normalized spacial score (nSPS) is 14.8. The van der Waals surface area contributed by atoms with Crippen LogP contribution in [0.2, 0.25) is 15.1 Å². The van der Waals surface area contributed by atoms with Gasteiger partial charge in [-0.1, -0.05) is 40.9 Å². The Morgan fingerprint density at radius 3 is 2.30 bits per heavy atom. The zero-order chi connectivity index (χ0) is 21.3. The van der Waals surface area contributed by atoms with Gasteiger partial charge < -0.3 is 10.2 Å². The molecule has 156 valence electrons. The van der Waals surface area contributed by atoms with Crippen LogP contribution in [0.25, 0.3) is 10.1 Å². The monoisotopic (exact) mass is 481 g/mol. The van der Waals surface area contributed by atoms with Crippen molar-refractivity contribution in [2.75, 3.05) is 38.0 Å². The predicted molar refractivity (Wildman–Crippen MR) is 124 cm³/mol. The summed E-state index contributed by atoms with van der Waals surface area (Å²) in [5.41, 5.74) is 0.706. The van der Waals surface area contributed by atoms with Crippen molar-refractivity contribution in [3.8, 4) is 0 Å². The maximum atomic E-state index is 13.0. The van der Waals surface area contributed by atoms with Crippen molar-refractivity contribution < 1.29 is 9.59 Å². The van der Waals surface area contributed by atoms with Crippen LogP contribution in [-0.4, -0.2) is 54.3 Å². The molecule has 1 saturated heterocycles. The number of halogens is 3. The lowest BCUT2D eigenvalue weighted by molar-refractivity contribution is -0.117. The van der Waals surface area contributed by atoms with Crippen LogP contribution in [0.5, 0.6) is 0 Å². The molecule has 1 N–H and O–H groups in total. The first-order valence-corrected chi connectivity index (χ1v) is 11.3. The molecule has 9 heteroatoms. The number of amides is 2. The van der Waals surface area contributed by atoms with Crippen LogP contribution < -0.4 is 5.32 Å². The topological polar surface area (TPSA) is 52.7 Å². The second kappa shape index (κ2) is 9.12. The first-order valence-electron chi connectivity index (χ1n) is 9.35. The molecule has 4 rings (SSSR count). The summed E-state index contributed by atoms with van der Waals surface area (Å²) in [6.45, 7) is 2.59. The van der Waals surface area contributed by atoms with E-state index in [0.717, 1.165) is 10.1 Å². The molecule has 1 aromatic heterocycles. The van der Waals surface area contributed by atoms with Gasteiger partial charge in [0.25, 0.3) is 5.91 Å². The number of carbonyl (C=O) groups is 2. The zero-order valence-corrected chi connectivity index (χ0v) is 18.9. The van der Waals surface area contributed by atoms with Crippen LogP contribution in [0.15, 0.2) is 42.5 Å². The van der Waals surface area contributed by atoms with Gasteiger partial charge in [-0.15, -0.1) is 11.3 Å². The minimum Gasteiger partial charge on any atom is -0.335 e. The van der Waals surface area contributed by atoms with E-state index in [0.29, 0.717) is 51.8 Å². The van der Waals surface area contributed by atoms with Crippen molar-refractivity contribution >= 4 is 73.7 Å². The Morgan fingerprint density at radius 1 is 0.933 bits per heavy atom. The fraction of sp³-hybridized carbons (Fsp3) is 0.238. The molecule has 1 fully saturated rings. The van der Waals surface area contributed by atoms with Crippen molar-refractivity contribution in [1.82, 2.24) is 9.80 Å². The molecule has 1 aliphatic rings. The summed E-state index contributed by atoms with van der Waals surface area (Å²) in [7, 11) is 0. The van der Waals surface area contributed by atoms with Gasteiger partial charge in [0.05, 0.1) is 11.6 Å². The zero-order valence-electron chi connectivity index (χ0n) is 15.8. The average molecular weight is 483 g/mol. The number of fused-ring (bicyclic) bond motifs is 1. The summed E-state index contributed by atoms with van der Waals surface area (Å²) in [5, 5.41) is 5.41. The molecule has 1 aliphatic heterocycles. The molecule has 2 heterocycles. The molecule has 0 spiro atoms. The Bertz CT molecular complexity index is 1090. The lowest BCUT2D eigenvalue weighted by atomic mass is 10.2. The number of rotatable bonds is 4. The van der Waals surface area contributed by atoms with Gasteiger partial charge in [0.2, 0.25) is 5.91 Å². The van der Waals surface area contributed by atoms with Crippen molar-refractivity contribution in [2.45, 2.75) is 0 Å². The van der Waals surface area contributed by atoms with Crippen LogP contribution in [0.4, 0.5) is 5.69 Å². The molecule has 2 aromatic carbocycles. The molecule has 0 atom stereocenters. The molecule has 2 amide bonds. The molecule has 0 radical (unpaired) electrons. The summed E-state index contributed by atoms with van der Waals surface area (Å²) in [6.07, 6.45) is 0. The van der Waals surface area contributed by atoms with Crippen LogP contribution in [0.3, 0.4) is 0 Å². The van der Waals surface area contributed by atoms with Crippen LogP contribution in [0, 0.1) is 0 Å². The van der Waals surface area contributed by atoms with Crippen LogP contribution in [0.1, 0.15) is 9.67 Å². The van der Waals surface area contributed by atoms with Gasteiger partial charge in [-0.3, -0.25) is 14.5 Å². The summed E-state index contributed by atoms with van der Waals surface area (Å²) in [5.74, 6) is -0.177. The van der Waals surface area contributed by atoms with E-state index in [2.05, 4.69) is 5.32 Å². The van der Waals surface area contributed by atoms with Crippen molar-refractivity contribution in [1.29, 1.82) is 0 Å². The molecular formula is C21H18Cl3N3O2S. The Kier molecular flexibility index (Phi) is 6.51. The third-order valence-corrected chi connectivity index (χ3v) is 7.07. The van der Waals surface area contributed by atoms with Gasteiger partial charge in [-0.2, -0.15) is 0 Å². The van der Waals surface area contributed by atoms with Crippen LogP contribution >= 0.6 is 46.1 Å². The van der Waals surface area contributed by atoms with Crippen molar-refractivity contribution in [3.63, 3.8) is 0 Å². The number of anilines is 1. The summed E-state index contributed by atoms with van der Waals surface area (Å²) < 4.78 is 0.897. The lowest BCUT2D eigenvalue weighted by Gasteiger charge is -2.34. The Balaban J connectivity index is 1.34. The van der Waals surface area contributed by atoms with E-state index >= 15 is 0 Å². The summed E-state index contributed by atoms with van der Waals surface area (Å²) >= 11 is 19.7. The van der Waals surface area contributed by atoms with Crippen LogP contribution in [-0.2, 0) is 4.79 Å². The Labute approximate surface area is 193 Å². The maximum absolute atomic E-state index is 13.0. The fourth-order valence-corrected chi connectivity index (χ4v) is 5.25. The number of piperazine rings is 1. The molecule has 3 aromatic rings. The SMILES string of the molecule is O=C(CN1CCN(C(=O)c2sc3cc(Cl)ccc3c2Cl)CC1)Nc1ccc(Cl)cc1. The summed E-state index contributed by atoms with van der Waals surface area (Å²) in [6, 6.07) is 12.4. The van der Waals surface area contributed by atoms with Gasteiger partial charge in [-0.05, 0) is 36.4 Å². The van der Waals surface area contributed by atoms with E-state index in [1.54, 1.807) is 35.2 Å². The third kappa shape index (κ3) is 4.74. The highest BCUT2D eigenvalue weighted by Gasteiger charge is 2.26. The molecule has 0 unspecified atom stereocenters. The van der Waals surface area contributed by atoms with Gasteiger partial charge in [0.1, 0.15) is 4.88 Å². The lowest BCUT2D eigenvalue weighted by Crippen LogP contribution is -2.50. The number of nitrogens with zero attached hydrogens (tertiary/aromatic N) is 2. The second-order valence-electron chi connectivity index (χ2n) is 7.01.